The first-order chi connectivity index (χ1) is 17.6. The van der Waals surface area contributed by atoms with E-state index in [1.165, 1.54) is 11.8 Å². The first-order valence-electron chi connectivity index (χ1n) is 12.7. The normalized spacial score (nSPS) is 20.1. The van der Waals surface area contributed by atoms with Gasteiger partial charge in [0, 0.05) is 51.2 Å². The number of ether oxygens (including phenoxy) is 1. The van der Waals surface area contributed by atoms with Gasteiger partial charge < -0.3 is 31.7 Å². The summed E-state index contributed by atoms with van der Waals surface area (Å²) in [6.07, 6.45) is 4.39. The molecular weight excluding hydrogens is 460 g/mol. The minimum Gasteiger partial charge on any atom is -0.379 e. The number of carbonyl (C=O) groups is 2. The summed E-state index contributed by atoms with van der Waals surface area (Å²) in [5, 5.41) is 12.2. The van der Waals surface area contributed by atoms with Gasteiger partial charge in [0.05, 0.1) is 19.3 Å². The van der Waals surface area contributed by atoms with Crippen LogP contribution in [-0.2, 0) is 16.1 Å². The number of hydrogen-bond donors (Lipinski definition) is 5. The lowest BCUT2D eigenvalue weighted by Gasteiger charge is -2.26. The predicted octanol–water partition coefficient (Wildman–Crippen LogP) is 1.40. The molecule has 0 aliphatic carbocycles. The number of benzene rings is 1. The molecule has 2 aliphatic heterocycles. The van der Waals surface area contributed by atoms with Gasteiger partial charge in [-0.25, -0.2) is 4.98 Å². The first kappa shape index (κ1) is 25.8. The summed E-state index contributed by atoms with van der Waals surface area (Å²) in [7, 11) is 0. The molecule has 3 heterocycles. The molecular formula is C25H36N8O3. The van der Waals surface area contributed by atoms with Crippen molar-refractivity contribution in [1.29, 1.82) is 0 Å². The van der Waals surface area contributed by atoms with E-state index >= 15 is 0 Å². The summed E-state index contributed by atoms with van der Waals surface area (Å²) >= 11 is 0. The lowest BCUT2D eigenvalue weighted by molar-refractivity contribution is -0.122. The van der Waals surface area contributed by atoms with Crippen LogP contribution in [0.1, 0.15) is 41.6 Å². The summed E-state index contributed by atoms with van der Waals surface area (Å²) in [6, 6.07) is 7.32. The molecule has 0 radical (unpaired) electrons. The van der Waals surface area contributed by atoms with Crippen molar-refractivity contribution < 1.29 is 14.3 Å². The van der Waals surface area contributed by atoms with E-state index < -0.39 is 6.04 Å². The second-order valence-electron chi connectivity index (χ2n) is 9.10. The molecule has 6 N–H and O–H groups in total. The number of nitrogens with two attached hydrogens (primary N) is 1. The second kappa shape index (κ2) is 13.1. The average molecular weight is 497 g/mol. The smallest absolute Gasteiger partial charge is 0.260 e. The van der Waals surface area contributed by atoms with Gasteiger partial charge >= 0.3 is 0 Å². The third kappa shape index (κ3) is 7.61. The number of carbonyl (C=O) groups excluding carboxylic acids is 2. The van der Waals surface area contributed by atoms with Gasteiger partial charge in [0.1, 0.15) is 11.4 Å². The molecule has 1 atom stereocenters. The standard InChI is InChI=1S/C25H36N8O3/c26-21-4-3-11-27-22-20(16-30-25(32-22)29-10-2-1-9-28-24(21)35)23(34)31-19-7-5-18(6-8-19)17-33-12-14-36-15-13-33/h5-8,16,21H,1-4,9-15,17,26H2,(H,28,35)(H,31,34)(H2,27,29,30,32)/t21-/m0/s1. The fraction of sp³-hybridized carbons (Fsp3) is 0.520. The molecule has 11 heteroatoms. The fourth-order valence-electron chi connectivity index (χ4n) is 4.13. The Labute approximate surface area is 211 Å². The topological polar surface area (TPSA) is 147 Å². The Kier molecular flexibility index (Phi) is 9.42. The van der Waals surface area contributed by atoms with E-state index in [9.17, 15) is 9.59 Å². The Morgan fingerprint density at radius 3 is 2.56 bits per heavy atom. The van der Waals surface area contributed by atoms with Crippen LogP contribution in [0.4, 0.5) is 17.5 Å². The predicted molar refractivity (Wildman–Crippen MR) is 139 cm³/mol. The highest BCUT2D eigenvalue weighted by Gasteiger charge is 2.17. The van der Waals surface area contributed by atoms with Gasteiger partial charge in [-0.05, 0) is 43.4 Å². The Hall–Kier alpha value is -3.28. The van der Waals surface area contributed by atoms with Crippen LogP contribution in [0.25, 0.3) is 0 Å². The molecule has 2 amide bonds. The van der Waals surface area contributed by atoms with Gasteiger partial charge in [0.2, 0.25) is 11.9 Å². The number of amides is 2. The molecule has 1 saturated heterocycles. The van der Waals surface area contributed by atoms with E-state index in [0.29, 0.717) is 55.5 Å². The zero-order valence-electron chi connectivity index (χ0n) is 20.6. The first-order valence-corrected chi connectivity index (χ1v) is 12.7. The van der Waals surface area contributed by atoms with Crippen molar-refractivity contribution in [2.45, 2.75) is 38.3 Å². The van der Waals surface area contributed by atoms with Crippen LogP contribution in [0.15, 0.2) is 30.5 Å². The quantitative estimate of drug-likeness (QED) is 0.424. The van der Waals surface area contributed by atoms with E-state index in [4.69, 9.17) is 10.5 Å². The van der Waals surface area contributed by atoms with Gasteiger partial charge in [-0.15, -0.1) is 0 Å². The number of nitrogens with zero attached hydrogens (tertiary/aromatic N) is 3. The van der Waals surface area contributed by atoms with E-state index in [2.05, 4.69) is 36.1 Å². The molecule has 1 aromatic carbocycles. The molecule has 0 saturated carbocycles. The fourth-order valence-corrected chi connectivity index (χ4v) is 4.13. The molecule has 4 rings (SSSR count). The number of fused-ring (bicyclic) bond motifs is 2. The maximum absolute atomic E-state index is 13.1. The molecule has 1 fully saturated rings. The summed E-state index contributed by atoms with van der Waals surface area (Å²) in [6.45, 7) is 6.02. The van der Waals surface area contributed by atoms with Crippen molar-refractivity contribution in [3.63, 3.8) is 0 Å². The Morgan fingerprint density at radius 1 is 1.06 bits per heavy atom. The summed E-state index contributed by atoms with van der Waals surface area (Å²) in [4.78, 5) is 36.4. The Bertz CT molecular complexity index is 1010. The van der Waals surface area contributed by atoms with Crippen molar-refractivity contribution in [2.24, 2.45) is 5.73 Å². The average Bonchev–Trinajstić information content (AvgIpc) is 2.90. The third-order valence-corrected chi connectivity index (χ3v) is 6.26. The van der Waals surface area contributed by atoms with E-state index in [1.54, 1.807) is 0 Å². The van der Waals surface area contributed by atoms with Crippen molar-refractivity contribution >= 4 is 29.3 Å². The van der Waals surface area contributed by atoms with Crippen molar-refractivity contribution in [3.8, 4) is 0 Å². The van der Waals surface area contributed by atoms with Crippen molar-refractivity contribution in [1.82, 2.24) is 20.2 Å². The van der Waals surface area contributed by atoms with Gasteiger partial charge in [0.15, 0.2) is 0 Å². The van der Waals surface area contributed by atoms with E-state index in [1.807, 2.05) is 24.3 Å². The SMILES string of the molecule is N[C@H]1CCCNc2nc(ncc2C(=O)Nc2ccc(CN3CCOCC3)cc2)NCCCCNC1=O. The summed E-state index contributed by atoms with van der Waals surface area (Å²) in [5.41, 5.74) is 8.24. The molecule has 2 aromatic rings. The van der Waals surface area contributed by atoms with Gasteiger partial charge in [0.25, 0.3) is 5.91 Å². The summed E-state index contributed by atoms with van der Waals surface area (Å²) in [5.74, 6) is 0.479. The minimum absolute atomic E-state index is 0.130. The van der Waals surface area contributed by atoms with Crippen LogP contribution >= 0.6 is 0 Å². The molecule has 2 aliphatic rings. The molecule has 0 spiro atoms. The van der Waals surface area contributed by atoms with E-state index in [-0.39, 0.29) is 11.8 Å². The van der Waals surface area contributed by atoms with Crippen molar-refractivity contribution in [2.75, 3.05) is 61.9 Å². The number of morpholine rings is 1. The van der Waals surface area contributed by atoms with Gasteiger partial charge in [-0.3, -0.25) is 14.5 Å². The Balaban J connectivity index is 1.40. The number of nitrogens with one attached hydrogen (secondary N) is 4. The van der Waals surface area contributed by atoms with Crippen LogP contribution in [0.5, 0.6) is 0 Å². The number of anilines is 3. The molecule has 11 nitrogen and oxygen atoms in total. The lowest BCUT2D eigenvalue weighted by Crippen LogP contribution is -2.41. The van der Waals surface area contributed by atoms with Crippen LogP contribution in [0.3, 0.4) is 0 Å². The van der Waals surface area contributed by atoms with Gasteiger partial charge in [-0.1, -0.05) is 12.1 Å². The highest BCUT2D eigenvalue weighted by molar-refractivity contribution is 6.07. The molecule has 194 valence electrons. The Morgan fingerprint density at radius 2 is 1.78 bits per heavy atom. The zero-order valence-corrected chi connectivity index (χ0v) is 20.6. The number of rotatable bonds is 4. The monoisotopic (exact) mass is 496 g/mol. The third-order valence-electron chi connectivity index (χ3n) is 6.26. The largest absolute Gasteiger partial charge is 0.379 e. The minimum atomic E-state index is -0.551. The van der Waals surface area contributed by atoms with Crippen LogP contribution in [-0.4, -0.2) is 78.7 Å². The van der Waals surface area contributed by atoms with Gasteiger partial charge in [-0.2, -0.15) is 4.98 Å². The highest BCUT2D eigenvalue weighted by atomic mass is 16.5. The maximum Gasteiger partial charge on any atom is 0.260 e. The highest BCUT2D eigenvalue weighted by Crippen LogP contribution is 2.18. The molecule has 1 aromatic heterocycles. The van der Waals surface area contributed by atoms with Crippen molar-refractivity contribution in [3.05, 3.63) is 41.6 Å². The van der Waals surface area contributed by atoms with Crippen LogP contribution in [0, 0.1) is 0 Å². The number of aromatic nitrogens is 2. The lowest BCUT2D eigenvalue weighted by atomic mass is 10.1. The maximum atomic E-state index is 13.1. The van der Waals surface area contributed by atoms with E-state index in [0.717, 1.165) is 45.7 Å². The zero-order chi connectivity index (χ0) is 25.2. The van der Waals surface area contributed by atoms with Crippen LogP contribution < -0.4 is 27.0 Å². The number of hydrogen-bond acceptors (Lipinski definition) is 9. The second-order valence-corrected chi connectivity index (χ2v) is 9.10. The molecule has 36 heavy (non-hydrogen) atoms. The van der Waals surface area contributed by atoms with Crippen LogP contribution in [0.2, 0.25) is 0 Å². The summed E-state index contributed by atoms with van der Waals surface area (Å²) < 4.78 is 5.41. The molecule has 2 bridgehead atoms. The molecule has 0 unspecified atom stereocenters.